The summed E-state index contributed by atoms with van der Waals surface area (Å²) in [5.74, 6) is 1.28. The molecular formula is C30H39B2NO11. The standard InChI is InChI=1S/C20H29BO6.C10H10BNO5/c1-19(2)20(3,4)27-21(26-19)18-15(14-22)8-7-9-16(18)23-12-13-25-17-10-5-6-11-24-17;13-12(14)6-9-7-2-1-3-8-10(7)11(17-9)16-5-4-15-8/h7-9,14,17H,5-6,10-13H2,1-4H3;1-3,9H,4-6H2. The highest BCUT2D eigenvalue weighted by Crippen LogP contribution is 2.37. The Balaban J connectivity index is 0.000000193. The second kappa shape index (κ2) is 14.0. The van der Waals surface area contributed by atoms with E-state index in [1.54, 1.807) is 12.1 Å². The molecule has 236 valence electrons. The summed E-state index contributed by atoms with van der Waals surface area (Å²) < 4.78 is 46.0. The van der Waals surface area contributed by atoms with E-state index in [9.17, 15) is 14.9 Å². The van der Waals surface area contributed by atoms with Gasteiger partial charge < -0.3 is 37.6 Å². The Morgan fingerprint density at radius 1 is 0.977 bits per heavy atom. The molecule has 2 unspecified atom stereocenters. The summed E-state index contributed by atoms with van der Waals surface area (Å²) in [6.07, 6.45) is 3.24. The van der Waals surface area contributed by atoms with Crippen LogP contribution in [0.25, 0.3) is 0 Å². The minimum atomic E-state index is -0.658. The Labute approximate surface area is 258 Å². The number of aldehydes is 1. The van der Waals surface area contributed by atoms with Gasteiger partial charge in [0.25, 0.3) is 0 Å². The molecule has 2 aromatic rings. The van der Waals surface area contributed by atoms with Gasteiger partial charge in [-0.25, -0.2) is 0 Å². The molecule has 0 aliphatic carbocycles. The van der Waals surface area contributed by atoms with Crippen LogP contribution in [0.1, 0.15) is 69.0 Å². The number of hydrogen-bond acceptors (Lipinski definition) is 11. The first kappa shape index (κ1) is 32.4. The van der Waals surface area contributed by atoms with Gasteiger partial charge in [-0.15, -0.1) is 0 Å². The van der Waals surface area contributed by atoms with Gasteiger partial charge in [-0.2, -0.15) is 0 Å². The fraction of sp³-hybridized carbons (Fsp3) is 0.567. The smallest absolute Gasteiger partial charge is 0.492 e. The predicted octanol–water partition coefficient (Wildman–Crippen LogP) is 2.86. The maximum atomic E-state index is 11.6. The third kappa shape index (κ3) is 7.27. The molecule has 2 fully saturated rings. The number of carbonyl (C=O) groups excluding carboxylic acids is 1. The molecule has 0 N–H and O–H groups in total. The highest BCUT2D eigenvalue weighted by atomic mass is 16.7. The van der Waals surface area contributed by atoms with Crippen molar-refractivity contribution in [3.05, 3.63) is 57.6 Å². The quantitative estimate of drug-likeness (QED) is 0.136. The predicted molar refractivity (Wildman–Crippen MR) is 162 cm³/mol. The summed E-state index contributed by atoms with van der Waals surface area (Å²) in [6.45, 7) is 10.1. The molecule has 4 aliphatic rings. The summed E-state index contributed by atoms with van der Waals surface area (Å²) in [7, 11) is -1.19. The third-order valence-corrected chi connectivity index (χ3v) is 8.39. The van der Waals surface area contributed by atoms with Crippen LogP contribution in [0.5, 0.6) is 11.5 Å². The number of hydrogen-bond donors (Lipinski definition) is 0. The SMILES string of the molecule is CC1(C)OB(c2c(C=O)cccc2OCCOC2CCCCO2)OC1(C)C.O=[N+]([O-])CC1OB2OCCOc3cccc1c32. The van der Waals surface area contributed by atoms with E-state index in [-0.39, 0.29) is 17.8 Å². The van der Waals surface area contributed by atoms with Gasteiger partial charge in [-0.3, -0.25) is 14.9 Å². The van der Waals surface area contributed by atoms with Crippen molar-refractivity contribution in [1.29, 1.82) is 0 Å². The molecule has 0 bridgehead atoms. The van der Waals surface area contributed by atoms with Gasteiger partial charge in [-0.05, 0) is 64.7 Å². The van der Waals surface area contributed by atoms with Crippen molar-refractivity contribution in [2.45, 2.75) is 70.6 Å². The average molecular weight is 611 g/mol. The van der Waals surface area contributed by atoms with Crippen LogP contribution in [0.15, 0.2) is 36.4 Å². The minimum Gasteiger partial charge on any atom is -0.492 e. The van der Waals surface area contributed by atoms with Crippen molar-refractivity contribution in [2.75, 3.05) is 39.6 Å². The molecule has 6 rings (SSSR count). The summed E-state index contributed by atoms with van der Waals surface area (Å²) >= 11 is 0. The van der Waals surface area contributed by atoms with Crippen LogP contribution in [-0.2, 0) is 28.1 Å². The van der Waals surface area contributed by atoms with Crippen molar-refractivity contribution in [2.24, 2.45) is 0 Å². The molecule has 2 atom stereocenters. The van der Waals surface area contributed by atoms with Crippen LogP contribution in [0.4, 0.5) is 0 Å². The molecule has 0 amide bonds. The van der Waals surface area contributed by atoms with Gasteiger partial charge in [0.15, 0.2) is 6.29 Å². The van der Waals surface area contributed by atoms with Crippen LogP contribution >= 0.6 is 0 Å². The van der Waals surface area contributed by atoms with Gasteiger partial charge in [-0.1, -0.05) is 24.3 Å². The largest absolute Gasteiger partial charge is 0.499 e. The third-order valence-electron chi connectivity index (χ3n) is 8.39. The normalized spacial score (nSPS) is 23.1. The summed E-state index contributed by atoms with van der Waals surface area (Å²) in [4.78, 5) is 21.8. The van der Waals surface area contributed by atoms with E-state index in [0.29, 0.717) is 49.0 Å². The number of nitrogens with zero attached hydrogens (tertiary/aromatic N) is 1. The van der Waals surface area contributed by atoms with Crippen LogP contribution in [0, 0.1) is 10.1 Å². The van der Waals surface area contributed by atoms with Crippen molar-refractivity contribution in [3.8, 4) is 11.5 Å². The van der Waals surface area contributed by atoms with E-state index in [2.05, 4.69) is 0 Å². The minimum absolute atomic E-state index is 0.147. The van der Waals surface area contributed by atoms with E-state index in [1.165, 1.54) is 0 Å². The molecule has 12 nitrogen and oxygen atoms in total. The van der Waals surface area contributed by atoms with Gasteiger partial charge in [0.2, 0.25) is 6.54 Å². The zero-order chi connectivity index (χ0) is 31.3. The molecule has 2 aromatic carbocycles. The van der Waals surface area contributed by atoms with Gasteiger partial charge in [0, 0.05) is 28.0 Å². The number of nitro groups is 1. The molecule has 4 heterocycles. The van der Waals surface area contributed by atoms with E-state index in [1.807, 2.05) is 52.0 Å². The summed E-state index contributed by atoms with van der Waals surface area (Å²) in [5, 5.41) is 10.6. The Hall–Kier alpha value is -3.00. The lowest BCUT2D eigenvalue weighted by molar-refractivity contribution is -0.490. The van der Waals surface area contributed by atoms with E-state index < -0.39 is 31.5 Å². The summed E-state index contributed by atoms with van der Waals surface area (Å²) in [5.41, 5.74) is 1.74. The maximum Gasteiger partial charge on any atom is 0.499 e. The van der Waals surface area contributed by atoms with Gasteiger partial charge in [0.05, 0.1) is 24.4 Å². The number of ether oxygens (including phenoxy) is 4. The molecule has 0 radical (unpaired) electrons. The first-order valence-electron chi connectivity index (χ1n) is 15.0. The maximum absolute atomic E-state index is 11.6. The molecule has 2 saturated heterocycles. The first-order valence-corrected chi connectivity index (χ1v) is 15.0. The average Bonchev–Trinajstić information content (AvgIpc) is 3.34. The molecule has 44 heavy (non-hydrogen) atoms. The number of rotatable bonds is 9. The summed E-state index contributed by atoms with van der Waals surface area (Å²) in [6, 6.07) is 10.8. The van der Waals surface area contributed by atoms with E-state index >= 15 is 0 Å². The number of benzene rings is 2. The fourth-order valence-corrected chi connectivity index (χ4v) is 5.39. The Morgan fingerprint density at radius 2 is 1.75 bits per heavy atom. The highest BCUT2D eigenvalue weighted by Gasteiger charge is 2.53. The van der Waals surface area contributed by atoms with E-state index in [0.717, 1.165) is 43.2 Å². The molecular weight excluding hydrogens is 572 g/mol. The van der Waals surface area contributed by atoms with Crippen molar-refractivity contribution in [3.63, 3.8) is 0 Å². The van der Waals surface area contributed by atoms with Gasteiger partial charge in [0.1, 0.15) is 37.1 Å². The van der Waals surface area contributed by atoms with Crippen LogP contribution < -0.4 is 20.4 Å². The fourth-order valence-electron chi connectivity index (χ4n) is 5.39. The molecule has 14 heteroatoms. The highest BCUT2D eigenvalue weighted by molar-refractivity contribution is 6.65. The van der Waals surface area contributed by atoms with Crippen molar-refractivity contribution >= 4 is 31.4 Å². The zero-order valence-electron chi connectivity index (χ0n) is 25.7. The second-order valence-corrected chi connectivity index (χ2v) is 11.9. The van der Waals surface area contributed by atoms with Crippen LogP contribution in [0.2, 0.25) is 0 Å². The second-order valence-electron chi connectivity index (χ2n) is 11.9. The Bertz CT molecular complexity index is 1300. The molecule has 0 saturated carbocycles. The monoisotopic (exact) mass is 611 g/mol. The number of carbonyl (C=O) groups is 1. The molecule has 4 aliphatic heterocycles. The lowest BCUT2D eigenvalue weighted by Gasteiger charge is -2.32. The van der Waals surface area contributed by atoms with Gasteiger partial charge >= 0.3 is 14.2 Å². The lowest BCUT2D eigenvalue weighted by Crippen LogP contribution is -2.41. The van der Waals surface area contributed by atoms with Crippen molar-refractivity contribution < 1.29 is 47.3 Å². The zero-order valence-corrected chi connectivity index (χ0v) is 25.7. The Kier molecular flexibility index (Phi) is 10.3. The van der Waals surface area contributed by atoms with Crippen LogP contribution in [-0.4, -0.2) is 82.5 Å². The molecule has 0 aromatic heterocycles. The topological polar surface area (TPSA) is 134 Å². The molecule has 0 spiro atoms. The Morgan fingerprint density at radius 3 is 2.45 bits per heavy atom. The van der Waals surface area contributed by atoms with Crippen LogP contribution in [0.3, 0.4) is 0 Å². The van der Waals surface area contributed by atoms with Crippen molar-refractivity contribution in [1.82, 2.24) is 0 Å². The van der Waals surface area contributed by atoms with E-state index in [4.69, 9.17) is 37.6 Å². The first-order chi connectivity index (χ1) is 21.1. The lowest BCUT2D eigenvalue weighted by atomic mass is 9.75.